The summed E-state index contributed by atoms with van der Waals surface area (Å²) in [4.78, 5) is 28.9. The van der Waals surface area contributed by atoms with Gasteiger partial charge < -0.3 is 28.0 Å². The van der Waals surface area contributed by atoms with Gasteiger partial charge in [0.05, 0.1) is 51.6 Å². The zero-order chi connectivity index (χ0) is 40.5. The highest BCUT2D eigenvalue weighted by Gasteiger charge is 2.45. The number of ether oxygens (including phenoxy) is 4. The number of nitriles is 1. The van der Waals surface area contributed by atoms with Crippen LogP contribution in [0, 0.1) is 11.3 Å². The van der Waals surface area contributed by atoms with Crippen molar-refractivity contribution in [3.8, 4) is 17.6 Å². The lowest BCUT2D eigenvalue weighted by Crippen LogP contribution is -2.39. The summed E-state index contributed by atoms with van der Waals surface area (Å²) < 4.78 is 41.9. The van der Waals surface area contributed by atoms with E-state index in [1.807, 2.05) is 78.9 Å². The predicted octanol–water partition coefficient (Wildman–Crippen LogP) is 7.62. The van der Waals surface area contributed by atoms with E-state index in [0.29, 0.717) is 17.1 Å². The summed E-state index contributed by atoms with van der Waals surface area (Å²) in [6.45, 7) is 8.48. The molecule has 0 bridgehead atoms. The lowest BCUT2D eigenvalue weighted by Gasteiger charge is -2.39. The molecule has 2 aliphatic rings. The van der Waals surface area contributed by atoms with Crippen LogP contribution in [0.15, 0.2) is 119 Å². The molecule has 0 amide bonds. The average Bonchev–Trinajstić information content (AvgIpc) is 3.90. The molecule has 1 fully saturated rings. The number of allylic oxidation sites excluding steroid dienone is 3. The number of aromatic amines is 1. The van der Waals surface area contributed by atoms with Gasteiger partial charge in [-0.1, -0.05) is 60.7 Å². The summed E-state index contributed by atoms with van der Waals surface area (Å²) in [5.41, 5.74) is 4.15. The Labute approximate surface area is 334 Å². The smallest absolute Gasteiger partial charge is 0.330 e. The van der Waals surface area contributed by atoms with Gasteiger partial charge in [-0.15, -0.1) is 5.73 Å². The molecule has 1 N–H and O–H groups in total. The summed E-state index contributed by atoms with van der Waals surface area (Å²) in [7, 11) is 1.55. The van der Waals surface area contributed by atoms with Gasteiger partial charge in [0.1, 0.15) is 29.4 Å². The van der Waals surface area contributed by atoms with E-state index in [4.69, 9.17) is 28.0 Å². The molecular weight excluding hydrogens is 743 g/mol. The van der Waals surface area contributed by atoms with Gasteiger partial charge in [0.15, 0.2) is 0 Å². The summed E-state index contributed by atoms with van der Waals surface area (Å²) >= 11 is 0. The van der Waals surface area contributed by atoms with E-state index in [9.17, 15) is 14.9 Å². The minimum absolute atomic E-state index is 0.0143. The van der Waals surface area contributed by atoms with Gasteiger partial charge in [-0.25, -0.2) is 9.46 Å². The van der Waals surface area contributed by atoms with E-state index in [1.165, 1.54) is 10.8 Å². The first kappa shape index (κ1) is 41.6. The van der Waals surface area contributed by atoms with E-state index >= 15 is 0 Å². The Kier molecular flexibility index (Phi) is 13.8. The summed E-state index contributed by atoms with van der Waals surface area (Å²) in [6.07, 6.45) is 4.99. The molecule has 4 aromatic rings. The van der Waals surface area contributed by atoms with E-state index in [0.717, 1.165) is 16.7 Å². The number of H-pyrrole nitrogens is 1. The van der Waals surface area contributed by atoms with Gasteiger partial charge in [-0.2, -0.15) is 5.26 Å². The molecule has 1 aliphatic heterocycles. The van der Waals surface area contributed by atoms with Gasteiger partial charge in [-0.05, 0) is 80.8 Å². The van der Waals surface area contributed by atoms with Crippen LogP contribution in [-0.2, 0) is 24.1 Å². The van der Waals surface area contributed by atoms with Crippen molar-refractivity contribution in [2.24, 2.45) is 0 Å². The van der Waals surface area contributed by atoms with Crippen molar-refractivity contribution in [2.45, 2.75) is 76.7 Å². The standard InChI is InChI=1S/C44H49N4O8P/c1-30(2)48(31(3)4)57(54-26-12-25-45)56-39-27-41(47-28-38(32-13-10-11-14-32)42(49)46-43(47)50)55-40(39)29-53-44(33-15-8-7-9-16-33,34-17-21-36(51-5)22-18-34)35-19-23-37(52-6)24-20-35/h7-11,13,15-24,28,30-31,39-41H,12,26-27,29H2,1-6H3,(H,46,49,50)/t39-,40+,41+,57?/m0/s1. The van der Waals surface area contributed by atoms with Crippen LogP contribution in [0.4, 0.5) is 0 Å². The maximum Gasteiger partial charge on any atom is 0.330 e. The van der Waals surface area contributed by atoms with Crippen molar-refractivity contribution >= 4 is 14.1 Å². The topological polar surface area (TPSA) is 137 Å². The fourth-order valence-electron chi connectivity index (χ4n) is 7.21. The van der Waals surface area contributed by atoms with Gasteiger partial charge in [0.25, 0.3) is 14.1 Å². The number of benzene rings is 3. The summed E-state index contributed by atoms with van der Waals surface area (Å²) in [5.74, 6) is 1.39. The Morgan fingerprint density at radius 1 is 0.947 bits per heavy atom. The van der Waals surface area contributed by atoms with Crippen molar-refractivity contribution in [3.63, 3.8) is 0 Å². The van der Waals surface area contributed by atoms with Crippen LogP contribution in [0.5, 0.6) is 11.5 Å². The number of hydrogen-bond acceptors (Lipinski definition) is 10. The third kappa shape index (κ3) is 9.23. The number of hydrogen-bond donors (Lipinski definition) is 1. The molecule has 0 radical (unpaired) electrons. The van der Waals surface area contributed by atoms with Crippen LogP contribution in [0.1, 0.15) is 69.0 Å². The molecule has 298 valence electrons. The largest absolute Gasteiger partial charge is 0.497 e. The van der Waals surface area contributed by atoms with Crippen molar-refractivity contribution < 1.29 is 28.0 Å². The Morgan fingerprint density at radius 3 is 2.11 bits per heavy atom. The first-order valence-electron chi connectivity index (χ1n) is 19.0. The molecule has 57 heavy (non-hydrogen) atoms. The summed E-state index contributed by atoms with van der Waals surface area (Å²) in [6, 6.07) is 27.7. The number of nitrogens with one attached hydrogen (secondary N) is 1. The van der Waals surface area contributed by atoms with Crippen molar-refractivity contribution in [2.75, 3.05) is 27.4 Å². The Bertz CT molecular complexity index is 2170. The number of rotatable bonds is 18. The van der Waals surface area contributed by atoms with Crippen LogP contribution < -0.4 is 20.7 Å². The highest BCUT2D eigenvalue weighted by Crippen LogP contribution is 2.50. The molecule has 6 rings (SSSR count). The van der Waals surface area contributed by atoms with Crippen LogP contribution in [0.3, 0.4) is 0 Å². The van der Waals surface area contributed by atoms with Crippen molar-refractivity contribution in [3.05, 3.63) is 152 Å². The fraction of sp³-hybridized carbons (Fsp3) is 0.364. The molecule has 3 aromatic carbocycles. The molecule has 1 saturated heterocycles. The minimum atomic E-state index is -1.70. The van der Waals surface area contributed by atoms with Crippen LogP contribution in [0.2, 0.25) is 0 Å². The van der Waals surface area contributed by atoms with Crippen LogP contribution in [-0.4, -0.2) is 65.9 Å². The van der Waals surface area contributed by atoms with Crippen molar-refractivity contribution in [1.29, 1.82) is 5.26 Å². The lowest BCUT2D eigenvalue weighted by molar-refractivity contribution is -0.0925. The molecule has 4 atom stereocenters. The second-order valence-corrected chi connectivity index (χ2v) is 15.6. The maximum absolute atomic E-state index is 13.5. The first-order valence-corrected chi connectivity index (χ1v) is 20.1. The van der Waals surface area contributed by atoms with Crippen LogP contribution in [0.25, 0.3) is 5.57 Å². The number of aromatic nitrogens is 2. The Balaban J connectivity index is 1.45. The lowest BCUT2D eigenvalue weighted by atomic mass is 9.80. The fourth-order valence-corrected chi connectivity index (χ4v) is 8.97. The first-order chi connectivity index (χ1) is 27.6. The zero-order valence-corrected chi connectivity index (χ0v) is 34.0. The van der Waals surface area contributed by atoms with Gasteiger partial charge in [0, 0.05) is 30.3 Å². The monoisotopic (exact) mass is 792 g/mol. The SMILES string of the molecule is COc1ccc(C(OC[C@H]2O[C@@H](n3cc(C4=C=CC=C4)c(=O)[nH]c3=O)C[C@@H]2OP(OCCC#N)N(C(C)C)C(C)C)(c2ccccc2)c2ccc(OC)cc2)cc1. The molecule has 1 aromatic heterocycles. The Hall–Kier alpha value is -5.08. The number of nitrogens with zero attached hydrogens (tertiary/aromatic N) is 3. The highest BCUT2D eigenvalue weighted by atomic mass is 31.2. The zero-order valence-electron chi connectivity index (χ0n) is 33.1. The average molecular weight is 793 g/mol. The van der Waals surface area contributed by atoms with Gasteiger partial charge in [-0.3, -0.25) is 14.3 Å². The second-order valence-electron chi connectivity index (χ2n) is 14.2. The maximum atomic E-state index is 13.5. The molecule has 12 nitrogen and oxygen atoms in total. The second kappa shape index (κ2) is 18.9. The predicted molar refractivity (Wildman–Crippen MR) is 219 cm³/mol. The van der Waals surface area contributed by atoms with E-state index in [-0.39, 0.29) is 43.7 Å². The molecule has 13 heteroatoms. The van der Waals surface area contributed by atoms with E-state index in [2.05, 4.69) is 49.1 Å². The highest BCUT2D eigenvalue weighted by molar-refractivity contribution is 7.44. The molecule has 1 aliphatic carbocycles. The van der Waals surface area contributed by atoms with Crippen molar-refractivity contribution in [1.82, 2.24) is 14.2 Å². The third-order valence-electron chi connectivity index (χ3n) is 9.87. The molecule has 2 heterocycles. The molecule has 0 saturated carbocycles. The normalized spacial score (nSPS) is 18.3. The minimum Gasteiger partial charge on any atom is -0.497 e. The van der Waals surface area contributed by atoms with E-state index < -0.39 is 43.8 Å². The van der Waals surface area contributed by atoms with Gasteiger partial charge in [0.2, 0.25) is 0 Å². The molecule has 0 spiro atoms. The molecular formula is C44H49N4O8P. The third-order valence-corrected chi connectivity index (χ3v) is 12.0. The number of methoxy groups -OCH3 is 2. The quantitative estimate of drug-likeness (QED) is 0.0464. The van der Waals surface area contributed by atoms with Crippen LogP contribution >= 0.6 is 8.53 Å². The molecule has 1 unspecified atom stereocenters. The van der Waals surface area contributed by atoms with Gasteiger partial charge >= 0.3 is 5.69 Å². The Morgan fingerprint density at radius 2 is 1.56 bits per heavy atom. The summed E-state index contributed by atoms with van der Waals surface area (Å²) in [5, 5.41) is 9.36. The van der Waals surface area contributed by atoms with E-state index in [1.54, 1.807) is 32.4 Å².